The molecule has 0 unspecified atom stereocenters. The van der Waals surface area contributed by atoms with E-state index in [1.807, 2.05) is 53.0 Å². The fraction of sp³-hybridized carbons (Fsp3) is 0.267. The van der Waals surface area contributed by atoms with Gasteiger partial charge in [-0.3, -0.25) is 0 Å². The second kappa shape index (κ2) is 6.58. The molecule has 0 atom stereocenters. The molecule has 3 aromatic rings. The molecule has 0 spiro atoms. The Kier molecular flexibility index (Phi) is 4.35. The van der Waals surface area contributed by atoms with E-state index in [4.69, 9.17) is 0 Å². The normalized spacial score (nSPS) is 10.9. The van der Waals surface area contributed by atoms with Crippen LogP contribution in [0.15, 0.2) is 42.9 Å². The third kappa shape index (κ3) is 3.00. The molecule has 1 aromatic carbocycles. The molecule has 3 rings (SSSR count). The predicted molar refractivity (Wildman–Crippen MR) is 88.1 cm³/mol. The number of hydrogen-bond donors (Lipinski definition) is 1. The Morgan fingerprint density at radius 1 is 1.19 bits per heavy atom. The lowest BCUT2D eigenvalue weighted by Crippen LogP contribution is -2.05. The maximum absolute atomic E-state index is 4.44. The summed E-state index contributed by atoms with van der Waals surface area (Å²) in [4.78, 5) is 8.70. The molecule has 21 heavy (non-hydrogen) atoms. The number of hydrogen-bond acceptors (Lipinski definition) is 5. The molecule has 2 heterocycles. The molecule has 0 saturated carbocycles. The first-order valence-electron chi connectivity index (χ1n) is 6.87. The number of para-hydroxylation sites is 1. The van der Waals surface area contributed by atoms with Crippen LogP contribution in [0.5, 0.6) is 0 Å². The Bertz CT molecular complexity index is 710. The fourth-order valence-corrected chi connectivity index (χ4v) is 2.60. The molecule has 0 saturated heterocycles. The molecular formula is C15H17N5S. The lowest BCUT2D eigenvalue weighted by molar-refractivity contribution is 0.895. The highest BCUT2D eigenvalue weighted by Gasteiger charge is 2.10. The first-order valence-corrected chi connectivity index (χ1v) is 8.26. The number of nitrogens with zero attached hydrogens (tertiary/aromatic N) is 4. The van der Waals surface area contributed by atoms with E-state index < -0.39 is 0 Å². The first-order chi connectivity index (χ1) is 10.4. The number of aromatic nitrogens is 4. The number of rotatable bonds is 6. The van der Waals surface area contributed by atoms with Crippen LogP contribution in [0.25, 0.3) is 16.7 Å². The molecular weight excluding hydrogens is 282 g/mol. The third-order valence-corrected chi connectivity index (χ3v) is 3.88. The van der Waals surface area contributed by atoms with Crippen LogP contribution < -0.4 is 5.32 Å². The topological polar surface area (TPSA) is 55.6 Å². The van der Waals surface area contributed by atoms with E-state index in [9.17, 15) is 0 Å². The summed E-state index contributed by atoms with van der Waals surface area (Å²) in [5.41, 5.74) is 1.82. The lowest BCUT2D eigenvalue weighted by atomic mass is 10.3. The highest BCUT2D eigenvalue weighted by Crippen LogP contribution is 2.21. The molecule has 0 fully saturated rings. The van der Waals surface area contributed by atoms with Crippen molar-refractivity contribution in [1.82, 2.24) is 19.7 Å². The third-order valence-electron chi connectivity index (χ3n) is 3.18. The fourth-order valence-electron chi connectivity index (χ4n) is 2.17. The summed E-state index contributed by atoms with van der Waals surface area (Å²) in [5.74, 6) is 1.99. The Hall–Kier alpha value is -2.08. The van der Waals surface area contributed by atoms with Crippen molar-refractivity contribution in [3.8, 4) is 5.69 Å². The van der Waals surface area contributed by atoms with Crippen molar-refractivity contribution in [3.05, 3.63) is 42.9 Å². The number of thioether (sulfide) groups is 1. The van der Waals surface area contributed by atoms with E-state index >= 15 is 0 Å². The van der Waals surface area contributed by atoms with Crippen molar-refractivity contribution in [3.63, 3.8) is 0 Å². The maximum Gasteiger partial charge on any atom is 0.168 e. The van der Waals surface area contributed by atoms with Crippen LogP contribution in [0.3, 0.4) is 0 Å². The van der Waals surface area contributed by atoms with Gasteiger partial charge in [0.2, 0.25) is 0 Å². The molecule has 0 radical (unpaired) electrons. The van der Waals surface area contributed by atoms with Crippen LogP contribution >= 0.6 is 11.8 Å². The SMILES string of the molecule is CSCCCNc1ncnc2c1cnn2-c1ccccc1. The number of fused-ring (bicyclic) bond motifs is 1. The van der Waals surface area contributed by atoms with Crippen LogP contribution in [0, 0.1) is 0 Å². The number of anilines is 1. The van der Waals surface area contributed by atoms with Crippen LogP contribution in [0.1, 0.15) is 6.42 Å². The van der Waals surface area contributed by atoms with Gasteiger partial charge in [-0.25, -0.2) is 14.6 Å². The molecule has 2 aromatic heterocycles. The Balaban J connectivity index is 1.89. The predicted octanol–water partition coefficient (Wildman–Crippen LogP) is 2.98. The van der Waals surface area contributed by atoms with Crippen LogP contribution in [-0.4, -0.2) is 38.3 Å². The van der Waals surface area contributed by atoms with E-state index in [1.54, 1.807) is 6.33 Å². The summed E-state index contributed by atoms with van der Waals surface area (Å²) in [6.45, 7) is 0.906. The van der Waals surface area contributed by atoms with Gasteiger partial charge in [-0.2, -0.15) is 16.9 Å². The van der Waals surface area contributed by atoms with Gasteiger partial charge in [0.25, 0.3) is 0 Å². The van der Waals surface area contributed by atoms with Crippen molar-refractivity contribution in [1.29, 1.82) is 0 Å². The van der Waals surface area contributed by atoms with E-state index in [2.05, 4.69) is 26.6 Å². The van der Waals surface area contributed by atoms with Crippen molar-refractivity contribution < 1.29 is 0 Å². The van der Waals surface area contributed by atoms with Gasteiger partial charge in [0, 0.05) is 6.54 Å². The summed E-state index contributed by atoms with van der Waals surface area (Å²) in [5, 5.41) is 8.76. The highest BCUT2D eigenvalue weighted by atomic mass is 32.2. The van der Waals surface area contributed by atoms with E-state index in [0.29, 0.717) is 0 Å². The zero-order valence-corrected chi connectivity index (χ0v) is 12.7. The van der Waals surface area contributed by atoms with Crippen molar-refractivity contribution in [2.45, 2.75) is 6.42 Å². The average molecular weight is 299 g/mol. The van der Waals surface area contributed by atoms with E-state index in [0.717, 1.165) is 41.3 Å². The average Bonchev–Trinajstić information content (AvgIpc) is 2.97. The van der Waals surface area contributed by atoms with Crippen molar-refractivity contribution >= 4 is 28.6 Å². The molecule has 0 aliphatic rings. The quantitative estimate of drug-likeness (QED) is 0.709. The number of benzene rings is 1. The minimum atomic E-state index is 0.823. The first kappa shape index (κ1) is 13.9. The summed E-state index contributed by atoms with van der Waals surface area (Å²) in [7, 11) is 0. The van der Waals surface area contributed by atoms with Gasteiger partial charge in [-0.05, 0) is 30.6 Å². The van der Waals surface area contributed by atoms with Crippen LogP contribution in [-0.2, 0) is 0 Å². The Morgan fingerprint density at radius 2 is 2.05 bits per heavy atom. The molecule has 0 amide bonds. The van der Waals surface area contributed by atoms with Gasteiger partial charge < -0.3 is 5.32 Å². The lowest BCUT2D eigenvalue weighted by Gasteiger charge is -2.06. The van der Waals surface area contributed by atoms with E-state index in [-0.39, 0.29) is 0 Å². The highest BCUT2D eigenvalue weighted by molar-refractivity contribution is 7.98. The van der Waals surface area contributed by atoms with Crippen molar-refractivity contribution in [2.75, 3.05) is 23.9 Å². The molecule has 5 nitrogen and oxygen atoms in total. The van der Waals surface area contributed by atoms with Gasteiger partial charge in [-0.1, -0.05) is 18.2 Å². The summed E-state index contributed by atoms with van der Waals surface area (Å²) in [6.07, 6.45) is 6.63. The summed E-state index contributed by atoms with van der Waals surface area (Å²) in [6, 6.07) is 10.0. The zero-order valence-electron chi connectivity index (χ0n) is 11.9. The Labute approximate surface area is 127 Å². The van der Waals surface area contributed by atoms with E-state index in [1.165, 1.54) is 0 Å². The second-order valence-corrected chi connectivity index (χ2v) is 5.61. The summed E-state index contributed by atoms with van der Waals surface area (Å²) < 4.78 is 1.84. The van der Waals surface area contributed by atoms with Crippen LogP contribution in [0.4, 0.5) is 5.82 Å². The largest absolute Gasteiger partial charge is 0.369 e. The van der Waals surface area contributed by atoms with Gasteiger partial charge >= 0.3 is 0 Å². The van der Waals surface area contributed by atoms with Gasteiger partial charge in [-0.15, -0.1) is 0 Å². The molecule has 0 aliphatic heterocycles. The minimum Gasteiger partial charge on any atom is -0.369 e. The zero-order chi connectivity index (χ0) is 14.5. The summed E-state index contributed by atoms with van der Waals surface area (Å²) >= 11 is 1.85. The second-order valence-electron chi connectivity index (χ2n) is 4.62. The molecule has 6 heteroatoms. The monoisotopic (exact) mass is 299 g/mol. The molecule has 1 N–H and O–H groups in total. The van der Waals surface area contributed by atoms with Crippen molar-refractivity contribution in [2.24, 2.45) is 0 Å². The standard InChI is InChI=1S/C15H17N5S/c1-21-9-5-8-16-14-13-10-19-20(15(13)18-11-17-14)12-6-3-2-4-7-12/h2-4,6-7,10-11H,5,8-9H2,1H3,(H,16,17,18). The minimum absolute atomic E-state index is 0.823. The van der Waals surface area contributed by atoms with Gasteiger partial charge in [0.1, 0.15) is 12.1 Å². The van der Waals surface area contributed by atoms with Crippen LogP contribution in [0.2, 0.25) is 0 Å². The van der Waals surface area contributed by atoms with Gasteiger partial charge in [0.05, 0.1) is 17.3 Å². The maximum atomic E-state index is 4.44. The smallest absolute Gasteiger partial charge is 0.168 e. The molecule has 0 bridgehead atoms. The van der Waals surface area contributed by atoms with Gasteiger partial charge in [0.15, 0.2) is 5.65 Å². The molecule has 0 aliphatic carbocycles. The Morgan fingerprint density at radius 3 is 2.86 bits per heavy atom. The number of nitrogens with one attached hydrogen (secondary N) is 1. The molecule has 108 valence electrons.